The quantitative estimate of drug-likeness (QED) is 0.826. The van der Waals surface area contributed by atoms with Crippen LogP contribution in [-0.4, -0.2) is 17.7 Å². The zero-order valence-corrected chi connectivity index (χ0v) is 11.8. The Morgan fingerprint density at radius 2 is 2.11 bits per heavy atom. The Morgan fingerprint density at radius 3 is 2.68 bits per heavy atom. The third-order valence-electron chi connectivity index (χ3n) is 2.25. The van der Waals surface area contributed by atoms with E-state index >= 15 is 0 Å². The van der Waals surface area contributed by atoms with E-state index in [1.165, 1.54) is 12.1 Å². The molecule has 19 heavy (non-hydrogen) atoms. The van der Waals surface area contributed by atoms with Crippen LogP contribution in [0.5, 0.6) is 0 Å². The molecule has 1 aromatic rings. The molecule has 0 aromatic heterocycles. The number of hydrazine groups is 1. The lowest BCUT2D eigenvalue weighted by Gasteiger charge is -2.21. The van der Waals surface area contributed by atoms with Gasteiger partial charge in [0.1, 0.15) is 11.4 Å². The summed E-state index contributed by atoms with van der Waals surface area (Å²) in [7, 11) is 0. The van der Waals surface area contributed by atoms with E-state index in [2.05, 4.69) is 10.9 Å². The molecule has 1 unspecified atom stereocenters. The average Bonchev–Trinajstić information content (AvgIpc) is 2.24. The fourth-order valence-corrected chi connectivity index (χ4v) is 1.55. The number of carbonyl (C=O) groups excluding carboxylic acids is 1. The van der Waals surface area contributed by atoms with Crippen molar-refractivity contribution in [1.82, 2.24) is 10.9 Å². The minimum absolute atomic E-state index is 0.0330. The molecule has 0 saturated carbocycles. The van der Waals surface area contributed by atoms with Gasteiger partial charge in [0.15, 0.2) is 0 Å². The van der Waals surface area contributed by atoms with Gasteiger partial charge in [0.2, 0.25) is 0 Å². The van der Waals surface area contributed by atoms with E-state index in [0.717, 1.165) is 5.56 Å². The highest BCUT2D eigenvalue weighted by Crippen LogP contribution is 2.07. The zero-order valence-electron chi connectivity index (χ0n) is 11.8. The summed E-state index contributed by atoms with van der Waals surface area (Å²) >= 11 is 0. The Bertz CT molecular complexity index is 430. The van der Waals surface area contributed by atoms with Crippen molar-refractivity contribution in [2.24, 2.45) is 0 Å². The minimum atomic E-state index is -0.530. The molecular weight excluding hydrogens is 247 g/mol. The minimum Gasteiger partial charge on any atom is -0.443 e. The van der Waals surface area contributed by atoms with Crippen molar-refractivity contribution in [3.8, 4) is 0 Å². The molecule has 0 heterocycles. The maximum absolute atomic E-state index is 13.0. The van der Waals surface area contributed by atoms with Crippen LogP contribution >= 0.6 is 0 Å². The van der Waals surface area contributed by atoms with Gasteiger partial charge < -0.3 is 4.74 Å². The first-order chi connectivity index (χ1) is 8.76. The number of benzene rings is 1. The fraction of sp³-hybridized carbons (Fsp3) is 0.500. The van der Waals surface area contributed by atoms with Crippen LogP contribution in [0, 0.1) is 5.82 Å². The number of nitrogens with one attached hydrogen (secondary N) is 2. The van der Waals surface area contributed by atoms with Crippen molar-refractivity contribution in [3.05, 3.63) is 35.6 Å². The van der Waals surface area contributed by atoms with Gasteiger partial charge in [0.25, 0.3) is 0 Å². The van der Waals surface area contributed by atoms with E-state index in [9.17, 15) is 9.18 Å². The largest absolute Gasteiger partial charge is 0.443 e. The van der Waals surface area contributed by atoms with E-state index in [4.69, 9.17) is 4.74 Å². The topological polar surface area (TPSA) is 50.4 Å². The Morgan fingerprint density at radius 1 is 1.42 bits per heavy atom. The van der Waals surface area contributed by atoms with Crippen molar-refractivity contribution >= 4 is 6.09 Å². The molecule has 0 spiro atoms. The van der Waals surface area contributed by atoms with Gasteiger partial charge in [-0.2, -0.15) is 0 Å². The third kappa shape index (κ3) is 6.76. The molecule has 4 nitrogen and oxygen atoms in total. The van der Waals surface area contributed by atoms with Crippen LogP contribution in [0.3, 0.4) is 0 Å². The normalized spacial score (nSPS) is 12.9. The summed E-state index contributed by atoms with van der Waals surface area (Å²) in [6, 6.07) is 6.36. The predicted octanol–water partition coefficient (Wildman–Crippen LogP) is 2.79. The number of carbonyl (C=O) groups is 1. The van der Waals surface area contributed by atoms with Gasteiger partial charge in [0, 0.05) is 6.04 Å². The van der Waals surface area contributed by atoms with E-state index < -0.39 is 11.7 Å². The molecule has 0 saturated heterocycles. The van der Waals surface area contributed by atoms with E-state index in [-0.39, 0.29) is 11.9 Å². The average molecular weight is 268 g/mol. The number of amides is 1. The molecule has 1 atom stereocenters. The predicted molar refractivity (Wildman–Crippen MR) is 72.1 cm³/mol. The molecule has 2 N–H and O–H groups in total. The van der Waals surface area contributed by atoms with Crippen molar-refractivity contribution in [2.45, 2.75) is 45.8 Å². The second kappa shape index (κ2) is 6.52. The molecule has 0 aliphatic rings. The lowest BCUT2D eigenvalue weighted by atomic mass is 10.1. The molecule has 5 heteroatoms. The van der Waals surface area contributed by atoms with E-state index in [1.54, 1.807) is 26.8 Å². The van der Waals surface area contributed by atoms with Crippen LogP contribution in [-0.2, 0) is 11.2 Å². The highest BCUT2D eigenvalue weighted by molar-refractivity contribution is 5.67. The van der Waals surface area contributed by atoms with Gasteiger partial charge in [-0.15, -0.1) is 0 Å². The van der Waals surface area contributed by atoms with Gasteiger partial charge in [-0.25, -0.2) is 14.6 Å². The van der Waals surface area contributed by atoms with Crippen LogP contribution in [0.4, 0.5) is 9.18 Å². The van der Waals surface area contributed by atoms with Crippen molar-refractivity contribution in [2.75, 3.05) is 0 Å². The lowest BCUT2D eigenvalue weighted by molar-refractivity contribution is 0.0489. The van der Waals surface area contributed by atoms with Crippen LogP contribution in [0.2, 0.25) is 0 Å². The molecule has 0 aliphatic carbocycles. The highest BCUT2D eigenvalue weighted by atomic mass is 19.1. The summed E-state index contributed by atoms with van der Waals surface area (Å²) in [5, 5.41) is 0. The van der Waals surface area contributed by atoms with E-state index in [1.807, 2.05) is 13.0 Å². The van der Waals surface area contributed by atoms with Crippen molar-refractivity contribution < 1.29 is 13.9 Å². The summed E-state index contributed by atoms with van der Waals surface area (Å²) in [4.78, 5) is 11.4. The van der Waals surface area contributed by atoms with Crippen LogP contribution < -0.4 is 10.9 Å². The van der Waals surface area contributed by atoms with Crippen LogP contribution in [0.15, 0.2) is 24.3 Å². The Kier molecular flexibility index (Phi) is 5.30. The fourth-order valence-electron chi connectivity index (χ4n) is 1.55. The molecular formula is C14H21FN2O2. The Labute approximate surface area is 113 Å². The number of hydrogen-bond acceptors (Lipinski definition) is 3. The first-order valence-electron chi connectivity index (χ1n) is 6.25. The van der Waals surface area contributed by atoms with Crippen molar-refractivity contribution in [3.63, 3.8) is 0 Å². The smallest absolute Gasteiger partial charge is 0.422 e. The Hall–Kier alpha value is -1.62. The number of ether oxygens (including phenoxy) is 1. The summed E-state index contributed by atoms with van der Waals surface area (Å²) in [6.45, 7) is 7.27. The maximum atomic E-state index is 13.0. The number of halogens is 1. The van der Waals surface area contributed by atoms with E-state index in [0.29, 0.717) is 6.42 Å². The summed E-state index contributed by atoms with van der Waals surface area (Å²) in [6.07, 6.45) is 0.0756. The summed E-state index contributed by atoms with van der Waals surface area (Å²) in [5.74, 6) is -0.259. The molecule has 0 bridgehead atoms. The first kappa shape index (κ1) is 15.4. The zero-order chi connectivity index (χ0) is 14.5. The number of hydrogen-bond donors (Lipinski definition) is 2. The maximum Gasteiger partial charge on any atom is 0.422 e. The van der Waals surface area contributed by atoms with Gasteiger partial charge in [-0.05, 0) is 51.8 Å². The second-order valence-corrected chi connectivity index (χ2v) is 5.51. The monoisotopic (exact) mass is 268 g/mol. The summed E-state index contributed by atoms with van der Waals surface area (Å²) < 4.78 is 18.1. The van der Waals surface area contributed by atoms with Crippen molar-refractivity contribution in [1.29, 1.82) is 0 Å². The van der Waals surface area contributed by atoms with Crippen LogP contribution in [0.1, 0.15) is 33.3 Å². The molecule has 0 aliphatic heterocycles. The third-order valence-corrected chi connectivity index (χ3v) is 2.25. The SMILES string of the molecule is CC(Cc1cccc(F)c1)NNC(=O)OC(C)(C)C. The van der Waals surface area contributed by atoms with Gasteiger partial charge in [-0.3, -0.25) is 5.43 Å². The second-order valence-electron chi connectivity index (χ2n) is 5.51. The Balaban J connectivity index is 2.36. The summed E-state index contributed by atoms with van der Waals surface area (Å²) in [5.41, 5.74) is 5.63. The standard InChI is InChI=1S/C14H21FN2O2/c1-10(8-11-6-5-7-12(15)9-11)16-17-13(18)19-14(2,3)4/h5-7,9-10,16H,8H2,1-4H3,(H,17,18). The van der Waals surface area contributed by atoms with Gasteiger partial charge in [0.05, 0.1) is 0 Å². The van der Waals surface area contributed by atoms with Crippen LogP contribution in [0.25, 0.3) is 0 Å². The number of rotatable bonds is 4. The molecule has 1 rings (SSSR count). The highest BCUT2D eigenvalue weighted by Gasteiger charge is 2.16. The first-order valence-corrected chi connectivity index (χ1v) is 6.25. The molecule has 0 fully saturated rings. The molecule has 0 radical (unpaired) electrons. The molecule has 1 aromatic carbocycles. The molecule has 106 valence electrons. The van der Waals surface area contributed by atoms with Gasteiger partial charge >= 0.3 is 6.09 Å². The molecule has 1 amide bonds. The lowest BCUT2D eigenvalue weighted by Crippen LogP contribution is -2.46. The van der Waals surface area contributed by atoms with Gasteiger partial charge in [-0.1, -0.05) is 12.1 Å².